The van der Waals surface area contributed by atoms with Crippen molar-refractivity contribution in [1.29, 1.82) is 0 Å². The number of anilines is 1. The molecule has 0 atom stereocenters. The fourth-order valence-corrected chi connectivity index (χ4v) is 1.84. The highest BCUT2D eigenvalue weighted by molar-refractivity contribution is 7.80. The van der Waals surface area contributed by atoms with Crippen LogP contribution in [0.2, 0.25) is 5.02 Å². The molecule has 0 unspecified atom stereocenters. The van der Waals surface area contributed by atoms with E-state index in [1.807, 2.05) is 0 Å². The van der Waals surface area contributed by atoms with Crippen LogP contribution < -0.4 is 11.1 Å². The van der Waals surface area contributed by atoms with Gasteiger partial charge in [-0.05, 0) is 17.7 Å². The number of nitrogens with one attached hydrogen (secondary N) is 1. The van der Waals surface area contributed by atoms with Gasteiger partial charge >= 0.3 is 0 Å². The third-order valence-corrected chi connectivity index (χ3v) is 2.86. The summed E-state index contributed by atoms with van der Waals surface area (Å²) in [6, 6.07) is 4.48. The lowest BCUT2D eigenvalue weighted by molar-refractivity contribution is 0.627. The first-order chi connectivity index (χ1) is 9.08. The van der Waals surface area contributed by atoms with E-state index in [2.05, 4.69) is 15.3 Å². The number of nitrogens with zero attached hydrogens (tertiary/aromatic N) is 2. The molecule has 2 rings (SSSR count). The van der Waals surface area contributed by atoms with Gasteiger partial charge in [-0.2, -0.15) is 0 Å². The normalized spacial score (nSPS) is 10.2. The molecule has 98 valence electrons. The molecular formula is C12H10ClFN4S. The fourth-order valence-electron chi connectivity index (χ4n) is 1.48. The van der Waals surface area contributed by atoms with Crippen molar-refractivity contribution in [3.05, 3.63) is 52.7 Å². The number of hydrogen-bond acceptors (Lipinski definition) is 4. The third-order valence-electron chi connectivity index (χ3n) is 2.38. The highest BCUT2D eigenvalue weighted by Gasteiger charge is 2.07. The lowest BCUT2D eigenvalue weighted by Gasteiger charge is -2.09. The third kappa shape index (κ3) is 3.36. The molecule has 1 aromatic heterocycles. The molecule has 0 aliphatic rings. The zero-order valence-corrected chi connectivity index (χ0v) is 11.3. The van der Waals surface area contributed by atoms with E-state index < -0.39 is 5.82 Å². The van der Waals surface area contributed by atoms with Crippen molar-refractivity contribution in [1.82, 2.24) is 9.97 Å². The second-order valence-corrected chi connectivity index (χ2v) is 4.57. The summed E-state index contributed by atoms with van der Waals surface area (Å²) in [5, 5.41) is 3.11. The summed E-state index contributed by atoms with van der Waals surface area (Å²) in [7, 11) is 0. The predicted octanol–water partition coefficient (Wildman–Crippen LogP) is 2.52. The van der Waals surface area contributed by atoms with Crippen molar-refractivity contribution in [3.63, 3.8) is 0 Å². The van der Waals surface area contributed by atoms with Crippen molar-refractivity contribution in [2.75, 3.05) is 5.32 Å². The molecule has 0 saturated carbocycles. The standard InChI is InChI=1S/C12H10ClFN4S/c13-8-5-7(1-2-9(8)14)6-18-12-10(11(15)19)16-3-4-17-12/h1-5H,6H2,(H2,15,19)(H,17,18). The van der Waals surface area contributed by atoms with Crippen LogP contribution in [0.15, 0.2) is 30.6 Å². The lowest BCUT2D eigenvalue weighted by atomic mass is 10.2. The van der Waals surface area contributed by atoms with Crippen LogP contribution in [-0.4, -0.2) is 15.0 Å². The molecule has 1 aromatic carbocycles. The van der Waals surface area contributed by atoms with Crippen LogP contribution in [0, 0.1) is 5.82 Å². The van der Waals surface area contributed by atoms with Crippen LogP contribution in [0.25, 0.3) is 0 Å². The fraction of sp³-hybridized carbons (Fsp3) is 0.0833. The van der Waals surface area contributed by atoms with Gasteiger partial charge in [-0.15, -0.1) is 0 Å². The Morgan fingerprint density at radius 3 is 2.79 bits per heavy atom. The smallest absolute Gasteiger partial charge is 0.155 e. The molecule has 19 heavy (non-hydrogen) atoms. The monoisotopic (exact) mass is 296 g/mol. The molecule has 2 aromatic rings. The number of nitrogens with two attached hydrogens (primary N) is 1. The molecule has 0 saturated heterocycles. The molecule has 1 heterocycles. The average Bonchev–Trinajstić information content (AvgIpc) is 2.40. The maximum atomic E-state index is 13.0. The Labute approximate surface area is 119 Å². The summed E-state index contributed by atoms with van der Waals surface area (Å²) in [4.78, 5) is 8.31. The van der Waals surface area contributed by atoms with Gasteiger partial charge in [0.1, 0.15) is 16.5 Å². The summed E-state index contributed by atoms with van der Waals surface area (Å²) in [5.74, 6) is 0.0317. The minimum Gasteiger partial charge on any atom is -0.388 e. The average molecular weight is 297 g/mol. The van der Waals surface area contributed by atoms with E-state index in [0.717, 1.165) is 5.56 Å². The number of halogens is 2. The molecule has 0 bridgehead atoms. The minimum absolute atomic E-state index is 0.0769. The molecular weight excluding hydrogens is 287 g/mol. The van der Waals surface area contributed by atoms with Gasteiger partial charge in [0, 0.05) is 18.9 Å². The summed E-state index contributed by atoms with van der Waals surface area (Å²) >= 11 is 10.6. The van der Waals surface area contributed by atoms with Crippen LogP contribution >= 0.6 is 23.8 Å². The quantitative estimate of drug-likeness (QED) is 0.849. The first kappa shape index (κ1) is 13.6. The molecule has 0 amide bonds. The van der Waals surface area contributed by atoms with Gasteiger partial charge in [-0.1, -0.05) is 29.9 Å². The van der Waals surface area contributed by atoms with Crippen molar-refractivity contribution in [2.24, 2.45) is 5.73 Å². The van der Waals surface area contributed by atoms with Crippen molar-refractivity contribution in [3.8, 4) is 0 Å². The number of aromatic nitrogens is 2. The van der Waals surface area contributed by atoms with E-state index in [9.17, 15) is 4.39 Å². The van der Waals surface area contributed by atoms with Gasteiger partial charge in [-0.3, -0.25) is 0 Å². The summed E-state index contributed by atoms with van der Waals surface area (Å²) in [6.45, 7) is 0.411. The molecule has 7 heteroatoms. The van der Waals surface area contributed by atoms with Crippen LogP contribution in [0.3, 0.4) is 0 Å². The summed E-state index contributed by atoms with van der Waals surface area (Å²) in [6.07, 6.45) is 3.04. The molecule has 3 N–H and O–H groups in total. The first-order valence-corrected chi connectivity index (χ1v) is 6.15. The number of hydrogen-bond donors (Lipinski definition) is 2. The number of rotatable bonds is 4. The van der Waals surface area contributed by atoms with Gasteiger partial charge in [0.05, 0.1) is 5.02 Å². The van der Waals surface area contributed by atoms with E-state index >= 15 is 0 Å². The topological polar surface area (TPSA) is 63.8 Å². The van der Waals surface area contributed by atoms with Crippen LogP contribution in [0.5, 0.6) is 0 Å². The Hall–Kier alpha value is -1.79. The van der Waals surface area contributed by atoms with Gasteiger partial charge < -0.3 is 11.1 Å². The first-order valence-electron chi connectivity index (χ1n) is 5.36. The van der Waals surface area contributed by atoms with Crippen LogP contribution in [0.4, 0.5) is 10.2 Å². The number of thiocarbonyl (C=S) groups is 1. The summed E-state index contributed by atoms with van der Waals surface area (Å²) < 4.78 is 13.0. The zero-order chi connectivity index (χ0) is 13.8. The lowest BCUT2D eigenvalue weighted by Crippen LogP contribution is -2.16. The van der Waals surface area contributed by atoms with Crippen LogP contribution in [0.1, 0.15) is 11.3 Å². The van der Waals surface area contributed by atoms with E-state index in [1.165, 1.54) is 18.5 Å². The zero-order valence-electron chi connectivity index (χ0n) is 9.73. The van der Waals surface area contributed by atoms with Crippen molar-refractivity contribution >= 4 is 34.6 Å². The SMILES string of the molecule is NC(=S)c1nccnc1NCc1ccc(F)c(Cl)c1. The van der Waals surface area contributed by atoms with E-state index in [4.69, 9.17) is 29.6 Å². The number of benzene rings is 1. The van der Waals surface area contributed by atoms with Crippen LogP contribution in [-0.2, 0) is 6.54 Å². The molecule has 0 aliphatic carbocycles. The molecule has 0 fully saturated rings. The molecule has 0 radical (unpaired) electrons. The Morgan fingerprint density at radius 1 is 1.37 bits per heavy atom. The highest BCUT2D eigenvalue weighted by Crippen LogP contribution is 2.17. The van der Waals surface area contributed by atoms with Gasteiger partial charge in [0.2, 0.25) is 0 Å². The highest BCUT2D eigenvalue weighted by atomic mass is 35.5. The Kier molecular flexibility index (Phi) is 4.24. The van der Waals surface area contributed by atoms with E-state index in [-0.39, 0.29) is 10.0 Å². The van der Waals surface area contributed by atoms with Gasteiger partial charge in [0.15, 0.2) is 5.82 Å². The molecule has 0 aliphatic heterocycles. The van der Waals surface area contributed by atoms with Gasteiger partial charge in [0.25, 0.3) is 0 Å². The second-order valence-electron chi connectivity index (χ2n) is 3.72. The minimum atomic E-state index is -0.450. The van der Waals surface area contributed by atoms with E-state index in [1.54, 1.807) is 12.1 Å². The largest absolute Gasteiger partial charge is 0.388 e. The Morgan fingerprint density at radius 2 is 2.11 bits per heavy atom. The summed E-state index contributed by atoms with van der Waals surface area (Å²) in [5.41, 5.74) is 6.78. The molecule has 0 spiro atoms. The predicted molar refractivity (Wildman–Crippen MR) is 76.7 cm³/mol. The second kappa shape index (κ2) is 5.90. The maximum Gasteiger partial charge on any atom is 0.155 e. The Balaban J connectivity index is 2.14. The van der Waals surface area contributed by atoms with Gasteiger partial charge in [-0.25, -0.2) is 14.4 Å². The maximum absolute atomic E-state index is 13.0. The van der Waals surface area contributed by atoms with Crippen molar-refractivity contribution < 1.29 is 4.39 Å². The van der Waals surface area contributed by atoms with Crippen molar-refractivity contribution in [2.45, 2.75) is 6.54 Å². The Bertz CT molecular complexity index is 620. The molecule has 4 nitrogen and oxygen atoms in total. The van der Waals surface area contributed by atoms with E-state index in [0.29, 0.717) is 18.1 Å².